The Morgan fingerprint density at radius 2 is 2.20 bits per heavy atom. The lowest BCUT2D eigenvalue weighted by atomic mass is 10.3. The highest BCUT2D eigenvalue weighted by Crippen LogP contribution is 2.21. The van der Waals surface area contributed by atoms with Crippen molar-refractivity contribution in [2.75, 3.05) is 0 Å². The number of ether oxygens (including phenoxy) is 1. The number of hydrogen-bond donors (Lipinski definition) is 1. The Kier molecular flexibility index (Phi) is 5.51. The molecule has 0 saturated heterocycles. The molecule has 1 N–H and O–H groups in total. The minimum atomic E-state index is -0.325. The number of thiazole rings is 1. The molecule has 0 unspecified atom stereocenters. The average molecular weight is 359 g/mol. The van der Waals surface area contributed by atoms with Crippen molar-refractivity contribution in [2.45, 2.75) is 33.0 Å². The van der Waals surface area contributed by atoms with E-state index in [4.69, 9.17) is 4.74 Å². The smallest absolute Gasteiger partial charge is 0.131 e. The molecular formula is C14H16BrFN2OS. The van der Waals surface area contributed by atoms with Crippen LogP contribution in [0.1, 0.15) is 24.5 Å². The quantitative estimate of drug-likeness (QED) is 0.843. The van der Waals surface area contributed by atoms with Gasteiger partial charge >= 0.3 is 0 Å². The van der Waals surface area contributed by atoms with Gasteiger partial charge in [0.15, 0.2) is 0 Å². The van der Waals surface area contributed by atoms with Crippen LogP contribution in [0, 0.1) is 5.82 Å². The van der Waals surface area contributed by atoms with E-state index in [1.54, 1.807) is 17.4 Å². The Labute approximate surface area is 130 Å². The van der Waals surface area contributed by atoms with Crippen LogP contribution < -0.4 is 10.1 Å². The van der Waals surface area contributed by atoms with Crippen LogP contribution in [0.15, 0.2) is 28.1 Å². The second kappa shape index (κ2) is 7.15. The summed E-state index contributed by atoms with van der Waals surface area (Å²) < 4.78 is 19.4. The Balaban J connectivity index is 1.90. The number of aromatic nitrogens is 1. The van der Waals surface area contributed by atoms with Gasteiger partial charge in [-0.3, -0.25) is 0 Å². The van der Waals surface area contributed by atoms with Crippen LogP contribution in [0.3, 0.4) is 0 Å². The predicted octanol–water partition coefficient (Wildman–Crippen LogP) is 4.12. The molecule has 2 rings (SSSR count). The van der Waals surface area contributed by atoms with E-state index in [1.165, 1.54) is 12.1 Å². The van der Waals surface area contributed by atoms with Crippen molar-refractivity contribution in [3.05, 3.63) is 44.6 Å². The van der Waals surface area contributed by atoms with Gasteiger partial charge in [0, 0.05) is 28.5 Å². The molecule has 108 valence electrons. The first-order valence-corrected chi connectivity index (χ1v) is 7.96. The Hall–Kier alpha value is -0.980. The van der Waals surface area contributed by atoms with Crippen molar-refractivity contribution in [1.82, 2.24) is 10.3 Å². The molecule has 1 aromatic carbocycles. The Morgan fingerprint density at radius 3 is 2.90 bits per heavy atom. The Morgan fingerprint density at radius 1 is 1.40 bits per heavy atom. The maximum atomic E-state index is 13.2. The van der Waals surface area contributed by atoms with Crippen molar-refractivity contribution in [2.24, 2.45) is 0 Å². The second-order valence-corrected chi connectivity index (χ2v) is 6.52. The van der Waals surface area contributed by atoms with Crippen LogP contribution in [0.4, 0.5) is 4.39 Å². The molecule has 0 aliphatic carbocycles. The monoisotopic (exact) mass is 358 g/mol. The lowest BCUT2D eigenvalue weighted by Crippen LogP contribution is -2.21. The second-order valence-electron chi connectivity index (χ2n) is 4.66. The molecule has 1 heterocycles. The third-order valence-corrected chi connectivity index (χ3v) is 3.84. The lowest BCUT2D eigenvalue weighted by Gasteiger charge is -2.05. The van der Waals surface area contributed by atoms with E-state index < -0.39 is 0 Å². The summed E-state index contributed by atoms with van der Waals surface area (Å²) in [4.78, 5) is 4.47. The molecule has 6 heteroatoms. The Bertz CT molecular complexity index is 554. The summed E-state index contributed by atoms with van der Waals surface area (Å²) in [6, 6.07) is 4.92. The normalized spacial score (nSPS) is 11.1. The van der Waals surface area contributed by atoms with Gasteiger partial charge in [-0.1, -0.05) is 29.8 Å². The van der Waals surface area contributed by atoms with Crippen LogP contribution in [0.5, 0.6) is 5.75 Å². The summed E-state index contributed by atoms with van der Waals surface area (Å²) in [5.41, 5.74) is 0.857. The number of halogens is 2. The fourth-order valence-corrected chi connectivity index (χ4v) is 2.73. The van der Waals surface area contributed by atoms with E-state index >= 15 is 0 Å². The molecule has 0 amide bonds. The average Bonchev–Trinajstić information content (AvgIpc) is 2.81. The van der Waals surface area contributed by atoms with Gasteiger partial charge in [0.25, 0.3) is 0 Å². The lowest BCUT2D eigenvalue weighted by molar-refractivity contribution is 0.300. The molecule has 0 radical (unpaired) electrons. The first-order chi connectivity index (χ1) is 9.52. The fourth-order valence-electron chi connectivity index (χ4n) is 1.56. The SMILES string of the molecule is CC(C)NCc1nc(COc2cc(F)cc(Br)c2)cs1. The minimum Gasteiger partial charge on any atom is -0.487 e. The maximum absolute atomic E-state index is 13.2. The molecular weight excluding hydrogens is 343 g/mol. The first-order valence-electron chi connectivity index (χ1n) is 6.28. The van der Waals surface area contributed by atoms with Gasteiger partial charge in [-0.15, -0.1) is 11.3 Å². The summed E-state index contributed by atoms with van der Waals surface area (Å²) >= 11 is 4.83. The van der Waals surface area contributed by atoms with Gasteiger partial charge in [-0.2, -0.15) is 0 Å². The van der Waals surface area contributed by atoms with Gasteiger partial charge in [-0.25, -0.2) is 9.37 Å². The fraction of sp³-hybridized carbons (Fsp3) is 0.357. The molecule has 0 aliphatic heterocycles. The largest absolute Gasteiger partial charge is 0.487 e. The minimum absolute atomic E-state index is 0.325. The molecule has 0 bridgehead atoms. The van der Waals surface area contributed by atoms with E-state index in [0.717, 1.165) is 17.2 Å². The van der Waals surface area contributed by atoms with E-state index in [2.05, 4.69) is 40.1 Å². The van der Waals surface area contributed by atoms with Gasteiger partial charge in [0.2, 0.25) is 0 Å². The van der Waals surface area contributed by atoms with Crippen molar-refractivity contribution in [3.63, 3.8) is 0 Å². The van der Waals surface area contributed by atoms with Gasteiger partial charge < -0.3 is 10.1 Å². The molecule has 2 aromatic rings. The van der Waals surface area contributed by atoms with Crippen molar-refractivity contribution >= 4 is 27.3 Å². The number of nitrogens with zero attached hydrogens (tertiary/aromatic N) is 1. The van der Waals surface area contributed by atoms with Gasteiger partial charge in [0.1, 0.15) is 23.2 Å². The number of rotatable bonds is 6. The predicted molar refractivity (Wildman–Crippen MR) is 82.5 cm³/mol. The molecule has 20 heavy (non-hydrogen) atoms. The summed E-state index contributed by atoms with van der Waals surface area (Å²) in [5.74, 6) is 0.168. The van der Waals surface area contributed by atoms with E-state index in [-0.39, 0.29) is 5.82 Å². The molecule has 0 fully saturated rings. The van der Waals surface area contributed by atoms with Crippen molar-refractivity contribution in [3.8, 4) is 5.75 Å². The van der Waals surface area contributed by atoms with Crippen LogP contribution in [-0.4, -0.2) is 11.0 Å². The van der Waals surface area contributed by atoms with Gasteiger partial charge in [-0.05, 0) is 12.1 Å². The van der Waals surface area contributed by atoms with Crippen molar-refractivity contribution < 1.29 is 9.13 Å². The number of hydrogen-bond acceptors (Lipinski definition) is 4. The number of nitrogens with one attached hydrogen (secondary N) is 1. The molecule has 0 atom stereocenters. The van der Waals surface area contributed by atoms with Crippen LogP contribution in [0.25, 0.3) is 0 Å². The van der Waals surface area contributed by atoms with Crippen molar-refractivity contribution in [1.29, 1.82) is 0 Å². The molecule has 0 saturated carbocycles. The van der Waals surface area contributed by atoms with E-state index in [0.29, 0.717) is 22.9 Å². The first kappa shape index (κ1) is 15.4. The zero-order valence-electron chi connectivity index (χ0n) is 11.3. The highest BCUT2D eigenvalue weighted by atomic mass is 79.9. The standard InChI is InChI=1S/C14H16BrFN2OS/c1-9(2)17-6-14-18-12(8-20-14)7-19-13-4-10(15)3-11(16)5-13/h3-5,8-9,17H,6-7H2,1-2H3. The summed E-state index contributed by atoms with van der Waals surface area (Å²) in [6.07, 6.45) is 0. The topological polar surface area (TPSA) is 34.2 Å². The molecule has 1 aromatic heterocycles. The highest BCUT2D eigenvalue weighted by molar-refractivity contribution is 9.10. The zero-order chi connectivity index (χ0) is 14.5. The summed E-state index contributed by atoms with van der Waals surface area (Å²) in [6.45, 7) is 5.29. The zero-order valence-corrected chi connectivity index (χ0v) is 13.7. The van der Waals surface area contributed by atoms with E-state index in [1.807, 2.05) is 5.38 Å². The van der Waals surface area contributed by atoms with E-state index in [9.17, 15) is 4.39 Å². The number of benzene rings is 1. The molecule has 3 nitrogen and oxygen atoms in total. The molecule has 0 spiro atoms. The summed E-state index contributed by atoms with van der Waals surface area (Å²) in [7, 11) is 0. The van der Waals surface area contributed by atoms with Crippen LogP contribution in [-0.2, 0) is 13.2 Å². The van der Waals surface area contributed by atoms with Crippen LogP contribution in [0.2, 0.25) is 0 Å². The molecule has 0 aliphatic rings. The van der Waals surface area contributed by atoms with Crippen LogP contribution >= 0.6 is 27.3 Å². The maximum Gasteiger partial charge on any atom is 0.131 e. The third kappa shape index (κ3) is 4.85. The van der Waals surface area contributed by atoms with Gasteiger partial charge in [0.05, 0.1) is 5.69 Å². The highest BCUT2D eigenvalue weighted by Gasteiger charge is 2.05. The third-order valence-electron chi connectivity index (χ3n) is 2.48. The summed E-state index contributed by atoms with van der Waals surface area (Å²) in [5, 5.41) is 6.30.